The maximum atomic E-state index is 13.5. The summed E-state index contributed by atoms with van der Waals surface area (Å²) in [5.41, 5.74) is 0. The lowest BCUT2D eigenvalue weighted by molar-refractivity contribution is -0.140. The Balaban J connectivity index is 1.93. The molecule has 3 fully saturated rings. The van der Waals surface area contributed by atoms with Crippen LogP contribution >= 0.6 is 11.8 Å². The summed E-state index contributed by atoms with van der Waals surface area (Å²) >= 11 is 1.70. The van der Waals surface area contributed by atoms with Crippen LogP contribution in [0.4, 0.5) is 0 Å². The van der Waals surface area contributed by atoms with Gasteiger partial charge in [-0.3, -0.25) is 14.4 Å². The SMILES string of the molecule is CCCCNC(=O)C1N(CCCO)C(=O)[C@@H]2[C@@H](C(=O)NCCC)[C@H]3CC(C)C12S3. The number of likely N-dealkylation sites (tertiary alicyclic amines) is 1. The highest BCUT2D eigenvalue weighted by molar-refractivity contribution is 8.02. The van der Waals surface area contributed by atoms with E-state index in [0.717, 1.165) is 25.7 Å². The molecule has 3 aliphatic rings. The Morgan fingerprint density at radius 2 is 1.90 bits per heavy atom. The maximum Gasteiger partial charge on any atom is 0.244 e. The van der Waals surface area contributed by atoms with Gasteiger partial charge >= 0.3 is 0 Å². The van der Waals surface area contributed by atoms with Crippen molar-refractivity contribution in [3.05, 3.63) is 0 Å². The van der Waals surface area contributed by atoms with Gasteiger partial charge in [-0.2, -0.15) is 0 Å². The molecule has 1 spiro atoms. The lowest BCUT2D eigenvalue weighted by Crippen LogP contribution is -2.56. The van der Waals surface area contributed by atoms with Gasteiger partial charge in [0.05, 0.1) is 16.6 Å². The Hall–Kier alpha value is -1.28. The molecule has 7 nitrogen and oxygen atoms in total. The number of nitrogens with one attached hydrogen (secondary N) is 2. The Morgan fingerprint density at radius 3 is 2.55 bits per heavy atom. The first-order valence-corrected chi connectivity index (χ1v) is 12.0. The van der Waals surface area contributed by atoms with Crippen LogP contribution in [0.1, 0.15) is 52.9 Å². The summed E-state index contributed by atoms with van der Waals surface area (Å²) in [6, 6.07) is -0.572. The van der Waals surface area contributed by atoms with Gasteiger partial charge in [0.1, 0.15) is 6.04 Å². The molecule has 0 aromatic heterocycles. The van der Waals surface area contributed by atoms with Gasteiger partial charge in [-0.15, -0.1) is 11.8 Å². The topological polar surface area (TPSA) is 98.7 Å². The van der Waals surface area contributed by atoms with E-state index in [1.165, 1.54) is 0 Å². The van der Waals surface area contributed by atoms with Crippen molar-refractivity contribution in [1.82, 2.24) is 15.5 Å². The fourth-order valence-corrected chi connectivity index (χ4v) is 7.87. The molecule has 0 aliphatic carbocycles. The number of unbranched alkanes of at least 4 members (excludes halogenated alkanes) is 1. The zero-order chi connectivity index (χ0) is 21.2. The number of hydrogen-bond acceptors (Lipinski definition) is 5. The predicted octanol–water partition coefficient (Wildman–Crippen LogP) is 1.15. The number of amides is 3. The Labute approximate surface area is 177 Å². The minimum Gasteiger partial charge on any atom is -0.396 e. The number of thioether (sulfide) groups is 1. The van der Waals surface area contributed by atoms with Crippen molar-refractivity contribution in [2.45, 2.75) is 68.9 Å². The highest BCUT2D eigenvalue weighted by atomic mass is 32.2. The lowest BCUT2D eigenvalue weighted by Gasteiger charge is -2.38. The Kier molecular flexibility index (Phi) is 7.14. The number of hydrogen-bond donors (Lipinski definition) is 3. The molecular weight excluding hydrogens is 390 g/mol. The fraction of sp³-hybridized carbons (Fsp3) is 0.857. The number of carbonyl (C=O) groups is 3. The largest absolute Gasteiger partial charge is 0.396 e. The van der Waals surface area contributed by atoms with Gasteiger partial charge in [0, 0.05) is 31.5 Å². The average molecular weight is 426 g/mol. The normalized spacial score (nSPS) is 35.1. The first kappa shape index (κ1) is 22.4. The van der Waals surface area contributed by atoms with Gasteiger partial charge in [-0.05, 0) is 31.6 Å². The second-order valence-electron chi connectivity index (χ2n) is 8.60. The van der Waals surface area contributed by atoms with Crippen LogP contribution in [0.2, 0.25) is 0 Å². The van der Waals surface area contributed by atoms with Crippen molar-refractivity contribution < 1.29 is 19.5 Å². The van der Waals surface area contributed by atoms with Crippen molar-refractivity contribution in [2.24, 2.45) is 17.8 Å². The summed E-state index contributed by atoms with van der Waals surface area (Å²) in [7, 11) is 0. The first-order chi connectivity index (χ1) is 13.9. The third-order valence-electron chi connectivity index (χ3n) is 6.73. The third-order valence-corrected chi connectivity index (χ3v) is 8.81. The molecule has 0 aromatic carbocycles. The number of rotatable bonds is 10. The van der Waals surface area contributed by atoms with E-state index >= 15 is 0 Å². The van der Waals surface area contributed by atoms with E-state index < -0.39 is 16.7 Å². The van der Waals surface area contributed by atoms with E-state index in [4.69, 9.17) is 0 Å². The van der Waals surface area contributed by atoms with Crippen molar-refractivity contribution in [2.75, 3.05) is 26.2 Å². The molecule has 3 rings (SSSR count). The molecule has 3 heterocycles. The molecule has 3 amide bonds. The summed E-state index contributed by atoms with van der Waals surface area (Å²) < 4.78 is -0.554. The molecule has 29 heavy (non-hydrogen) atoms. The molecule has 3 saturated heterocycles. The van der Waals surface area contributed by atoms with Gasteiger partial charge < -0.3 is 20.6 Å². The number of carbonyl (C=O) groups excluding carboxylic acids is 3. The summed E-state index contributed by atoms with van der Waals surface area (Å²) in [5.74, 6) is -0.901. The van der Waals surface area contributed by atoms with Crippen LogP contribution in [0.15, 0.2) is 0 Å². The highest BCUT2D eigenvalue weighted by Gasteiger charge is 2.75. The van der Waals surface area contributed by atoms with Gasteiger partial charge in [0.2, 0.25) is 17.7 Å². The molecule has 3 N–H and O–H groups in total. The fourth-order valence-electron chi connectivity index (χ4n) is 5.45. The summed E-state index contributed by atoms with van der Waals surface area (Å²) in [5, 5.41) is 15.4. The Bertz CT molecular complexity index is 645. The zero-order valence-electron chi connectivity index (χ0n) is 17.8. The monoisotopic (exact) mass is 425 g/mol. The number of aliphatic hydroxyl groups excluding tert-OH is 1. The van der Waals surface area contributed by atoms with E-state index in [1.807, 2.05) is 6.92 Å². The van der Waals surface area contributed by atoms with Crippen molar-refractivity contribution in [3.8, 4) is 0 Å². The quantitative estimate of drug-likeness (QED) is 0.456. The van der Waals surface area contributed by atoms with E-state index in [9.17, 15) is 19.5 Å². The van der Waals surface area contributed by atoms with Gasteiger partial charge in [0.25, 0.3) is 0 Å². The van der Waals surface area contributed by atoms with Crippen LogP contribution in [0.5, 0.6) is 0 Å². The predicted molar refractivity (Wildman–Crippen MR) is 113 cm³/mol. The van der Waals surface area contributed by atoms with Crippen LogP contribution in [-0.4, -0.2) is 70.0 Å². The van der Waals surface area contributed by atoms with Crippen LogP contribution < -0.4 is 10.6 Å². The third kappa shape index (κ3) is 3.67. The van der Waals surface area contributed by atoms with E-state index in [1.54, 1.807) is 16.7 Å². The van der Waals surface area contributed by atoms with Crippen molar-refractivity contribution in [1.29, 1.82) is 0 Å². The first-order valence-electron chi connectivity index (χ1n) is 11.1. The molecule has 3 unspecified atom stereocenters. The molecule has 2 bridgehead atoms. The molecule has 164 valence electrons. The standard InChI is InChI=1S/C21H35N3O4S/c1-4-6-9-23-19(27)17-21-13(3)12-14(29-21)15(18(26)22-8-5-2)16(21)20(28)24(17)10-7-11-25/h13-17,25H,4-12H2,1-3H3,(H,22,26)(H,23,27)/t13?,14-,15+,16+,17?,21?/m1/s1. The van der Waals surface area contributed by atoms with E-state index in [2.05, 4.69) is 24.5 Å². The van der Waals surface area contributed by atoms with Gasteiger partial charge in [-0.1, -0.05) is 27.2 Å². The summed E-state index contributed by atoms with van der Waals surface area (Å²) in [6.07, 6.45) is 4.01. The van der Waals surface area contributed by atoms with Gasteiger partial charge in [-0.25, -0.2) is 0 Å². The minimum absolute atomic E-state index is 0.0304. The van der Waals surface area contributed by atoms with E-state index in [0.29, 0.717) is 26.1 Å². The molecule has 6 atom stereocenters. The van der Waals surface area contributed by atoms with E-state index in [-0.39, 0.29) is 41.4 Å². The molecule has 8 heteroatoms. The van der Waals surface area contributed by atoms with Crippen LogP contribution in [0, 0.1) is 17.8 Å². The van der Waals surface area contributed by atoms with Crippen molar-refractivity contribution >= 4 is 29.5 Å². The average Bonchev–Trinajstić information content (AvgIpc) is 3.28. The van der Waals surface area contributed by atoms with Crippen molar-refractivity contribution in [3.63, 3.8) is 0 Å². The second-order valence-corrected chi connectivity index (χ2v) is 10.1. The second kappa shape index (κ2) is 9.25. The number of nitrogens with zero attached hydrogens (tertiary/aromatic N) is 1. The molecule has 3 aliphatic heterocycles. The zero-order valence-corrected chi connectivity index (χ0v) is 18.6. The number of fused-ring (bicyclic) bond motifs is 1. The smallest absolute Gasteiger partial charge is 0.244 e. The molecular formula is C21H35N3O4S. The Morgan fingerprint density at radius 1 is 1.17 bits per heavy atom. The van der Waals surface area contributed by atoms with Crippen LogP contribution in [0.3, 0.4) is 0 Å². The minimum atomic E-state index is -0.572. The maximum absolute atomic E-state index is 13.5. The van der Waals surface area contributed by atoms with Crippen LogP contribution in [-0.2, 0) is 14.4 Å². The van der Waals surface area contributed by atoms with Crippen LogP contribution in [0.25, 0.3) is 0 Å². The highest BCUT2D eigenvalue weighted by Crippen LogP contribution is 2.68. The molecule has 0 saturated carbocycles. The molecule has 0 radical (unpaired) electrons. The van der Waals surface area contributed by atoms with Gasteiger partial charge in [0.15, 0.2) is 0 Å². The lowest BCUT2D eigenvalue weighted by atomic mass is 9.66. The summed E-state index contributed by atoms with van der Waals surface area (Å²) in [4.78, 5) is 41.4. The number of aliphatic hydroxyl groups is 1. The summed E-state index contributed by atoms with van der Waals surface area (Å²) in [6.45, 7) is 7.72. The molecule has 0 aromatic rings.